The van der Waals surface area contributed by atoms with Crippen LogP contribution in [0, 0.1) is 6.92 Å². The fraction of sp³-hybridized carbons (Fsp3) is 0.250. The third-order valence-corrected chi connectivity index (χ3v) is 4.08. The van der Waals surface area contributed by atoms with Gasteiger partial charge >= 0.3 is 0 Å². The molecule has 2 aromatic carbocycles. The molecular formula is C16H16BrClO. The van der Waals surface area contributed by atoms with Gasteiger partial charge in [0.05, 0.1) is 11.6 Å². The summed E-state index contributed by atoms with van der Waals surface area (Å²) in [5, 5.41) is 1.52. The summed E-state index contributed by atoms with van der Waals surface area (Å²) in [6.07, 6.45) is 0. The van der Waals surface area contributed by atoms with Gasteiger partial charge in [-0.3, -0.25) is 0 Å². The number of alkyl halides is 1. The first-order valence-corrected chi connectivity index (χ1v) is 7.70. The Hall–Kier alpha value is -0.990. The highest BCUT2D eigenvalue weighted by Gasteiger charge is 2.12. The van der Waals surface area contributed by atoms with E-state index in [9.17, 15) is 0 Å². The van der Waals surface area contributed by atoms with E-state index >= 15 is 0 Å². The number of hydrogen-bond acceptors (Lipinski definition) is 1. The van der Waals surface area contributed by atoms with Crippen molar-refractivity contribution in [2.75, 3.05) is 11.9 Å². The van der Waals surface area contributed by atoms with Crippen LogP contribution in [-0.4, -0.2) is 11.9 Å². The summed E-state index contributed by atoms with van der Waals surface area (Å²) in [4.78, 5) is 0. The van der Waals surface area contributed by atoms with Crippen LogP contribution in [0.15, 0.2) is 48.5 Å². The zero-order valence-electron chi connectivity index (χ0n) is 10.8. The van der Waals surface area contributed by atoms with E-state index in [2.05, 4.69) is 28.1 Å². The topological polar surface area (TPSA) is 9.23 Å². The second kappa shape index (κ2) is 6.97. The molecule has 100 valence electrons. The quantitative estimate of drug-likeness (QED) is 0.680. The minimum Gasteiger partial charge on any atom is -0.491 e. The molecule has 1 atom stereocenters. The van der Waals surface area contributed by atoms with Gasteiger partial charge in [0.1, 0.15) is 5.75 Å². The van der Waals surface area contributed by atoms with Gasteiger partial charge < -0.3 is 4.74 Å². The van der Waals surface area contributed by atoms with E-state index < -0.39 is 0 Å². The maximum Gasteiger partial charge on any atom is 0.138 e. The van der Waals surface area contributed by atoms with Gasteiger partial charge in [-0.1, -0.05) is 63.9 Å². The molecule has 0 N–H and O–H groups in total. The van der Waals surface area contributed by atoms with Crippen LogP contribution in [0.3, 0.4) is 0 Å². The largest absolute Gasteiger partial charge is 0.491 e. The lowest BCUT2D eigenvalue weighted by Gasteiger charge is -2.16. The third kappa shape index (κ3) is 3.99. The highest BCUT2D eigenvalue weighted by atomic mass is 79.9. The van der Waals surface area contributed by atoms with Crippen LogP contribution >= 0.6 is 27.5 Å². The molecule has 0 spiro atoms. The van der Waals surface area contributed by atoms with Crippen LogP contribution in [0.2, 0.25) is 5.02 Å². The number of rotatable bonds is 5. The molecule has 0 saturated carbocycles. The Morgan fingerprint density at radius 1 is 1.16 bits per heavy atom. The van der Waals surface area contributed by atoms with Crippen LogP contribution in [0.25, 0.3) is 0 Å². The van der Waals surface area contributed by atoms with Crippen molar-refractivity contribution < 1.29 is 4.74 Å². The van der Waals surface area contributed by atoms with E-state index in [-0.39, 0.29) is 0 Å². The molecule has 0 radical (unpaired) electrons. The summed E-state index contributed by atoms with van der Waals surface area (Å²) >= 11 is 9.68. The van der Waals surface area contributed by atoms with Gasteiger partial charge in [0.15, 0.2) is 0 Å². The first-order chi connectivity index (χ1) is 9.20. The normalized spacial score (nSPS) is 12.2. The Morgan fingerprint density at radius 3 is 2.58 bits per heavy atom. The lowest BCUT2D eigenvalue weighted by molar-refractivity contribution is 0.298. The summed E-state index contributed by atoms with van der Waals surface area (Å²) in [6.45, 7) is 2.64. The summed E-state index contributed by atoms with van der Waals surface area (Å²) in [5.74, 6) is 1.07. The first kappa shape index (κ1) is 14.4. The first-order valence-electron chi connectivity index (χ1n) is 6.20. The Labute approximate surface area is 127 Å². The van der Waals surface area contributed by atoms with Gasteiger partial charge in [0, 0.05) is 11.2 Å². The molecule has 0 amide bonds. The van der Waals surface area contributed by atoms with E-state index in [0.717, 1.165) is 16.6 Å². The van der Waals surface area contributed by atoms with Gasteiger partial charge in [0.2, 0.25) is 0 Å². The number of benzene rings is 2. The van der Waals surface area contributed by atoms with E-state index in [1.165, 1.54) is 5.56 Å². The lowest BCUT2D eigenvalue weighted by Crippen LogP contribution is -2.12. The molecule has 1 nitrogen and oxygen atoms in total. The zero-order valence-corrected chi connectivity index (χ0v) is 13.1. The molecule has 0 aliphatic rings. The fourth-order valence-corrected chi connectivity index (χ4v) is 2.60. The SMILES string of the molecule is Cc1ccc(Cl)c(OCC(CBr)c2ccccc2)c1. The van der Waals surface area contributed by atoms with Crippen LogP contribution in [0.5, 0.6) is 5.75 Å². The van der Waals surface area contributed by atoms with Crippen LogP contribution in [0.1, 0.15) is 17.0 Å². The van der Waals surface area contributed by atoms with Gasteiger partial charge in [-0.25, -0.2) is 0 Å². The van der Waals surface area contributed by atoms with Gasteiger partial charge in [0.25, 0.3) is 0 Å². The van der Waals surface area contributed by atoms with Crippen molar-refractivity contribution in [3.05, 3.63) is 64.7 Å². The van der Waals surface area contributed by atoms with Crippen molar-refractivity contribution in [3.8, 4) is 5.75 Å². The molecule has 2 rings (SSSR count). The molecule has 19 heavy (non-hydrogen) atoms. The standard InChI is InChI=1S/C16H16BrClO/c1-12-7-8-15(18)16(9-12)19-11-14(10-17)13-5-3-2-4-6-13/h2-9,14H,10-11H2,1H3. The Bertz CT molecular complexity index is 528. The Morgan fingerprint density at radius 2 is 1.89 bits per heavy atom. The van der Waals surface area contributed by atoms with E-state index in [1.54, 1.807) is 0 Å². The molecule has 1 unspecified atom stereocenters. The van der Waals surface area contributed by atoms with E-state index in [0.29, 0.717) is 17.5 Å². The Kier molecular flexibility index (Phi) is 5.29. The number of aryl methyl sites for hydroxylation is 1. The molecule has 0 bridgehead atoms. The fourth-order valence-electron chi connectivity index (χ4n) is 1.87. The molecule has 0 heterocycles. The molecule has 0 saturated heterocycles. The van der Waals surface area contributed by atoms with Crippen molar-refractivity contribution in [2.45, 2.75) is 12.8 Å². The second-order valence-electron chi connectivity index (χ2n) is 4.51. The van der Waals surface area contributed by atoms with Crippen LogP contribution in [0.4, 0.5) is 0 Å². The van der Waals surface area contributed by atoms with Crippen LogP contribution < -0.4 is 4.74 Å². The average molecular weight is 340 g/mol. The summed E-state index contributed by atoms with van der Waals surface area (Å²) in [6, 6.07) is 16.2. The van der Waals surface area contributed by atoms with Gasteiger partial charge in [-0.15, -0.1) is 0 Å². The van der Waals surface area contributed by atoms with E-state index in [1.807, 2.05) is 43.3 Å². The molecule has 0 aromatic heterocycles. The van der Waals surface area contributed by atoms with Gasteiger partial charge in [-0.05, 0) is 30.2 Å². The number of halogens is 2. The molecule has 0 aliphatic carbocycles. The molecule has 0 aliphatic heterocycles. The third-order valence-electron chi connectivity index (χ3n) is 2.98. The summed E-state index contributed by atoms with van der Waals surface area (Å²) in [5.41, 5.74) is 2.41. The number of ether oxygens (including phenoxy) is 1. The summed E-state index contributed by atoms with van der Waals surface area (Å²) in [7, 11) is 0. The molecule has 0 fully saturated rings. The molecular weight excluding hydrogens is 324 g/mol. The maximum atomic E-state index is 6.13. The predicted molar refractivity (Wildman–Crippen MR) is 84.7 cm³/mol. The molecule has 3 heteroatoms. The monoisotopic (exact) mass is 338 g/mol. The highest BCUT2D eigenvalue weighted by Crippen LogP contribution is 2.27. The predicted octanol–water partition coefficient (Wildman–Crippen LogP) is 5.21. The molecule has 2 aromatic rings. The zero-order chi connectivity index (χ0) is 13.7. The Balaban J connectivity index is 2.06. The van der Waals surface area contributed by atoms with Crippen molar-refractivity contribution >= 4 is 27.5 Å². The van der Waals surface area contributed by atoms with Crippen molar-refractivity contribution in [3.63, 3.8) is 0 Å². The van der Waals surface area contributed by atoms with Crippen molar-refractivity contribution in [1.29, 1.82) is 0 Å². The highest BCUT2D eigenvalue weighted by molar-refractivity contribution is 9.09. The van der Waals surface area contributed by atoms with Crippen molar-refractivity contribution in [2.24, 2.45) is 0 Å². The van der Waals surface area contributed by atoms with Crippen molar-refractivity contribution in [1.82, 2.24) is 0 Å². The van der Waals surface area contributed by atoms with E-state index in [4.69, 9.17) is 16.3 Å². The average Bonchev–Trinajstić information content (AvgIpc) is 2.44. The minimum absolute atomic E-state index is 0.317. The second-order valence-corrected chi connectivity index (χ2v) is 5.56. The smallest absolute Gasteiger partial charge is 0.138 e. The lowest BCUT2D eigenvalue weighted by atomic mass is 10.0. The maximum absolute atomic E-state index is 6.13. The van der Waals surface area contributed by atoms with Crippen LogP contribution in [-0.2, 0) is 0 Å². The summed E-state index contributed by atoms with van der Waals surface area (Å²) < 4.78 is 5.86. The number of hydrogen-bond donors (Lipinski definition) is 0. The van der Waals surface area contributed by atoms with Gasteiger partial charge in [-0.2, -0.15) is 0 Å². The minimum atomic E-state index is 0.317.